The lowest BCUT2D eigenvalue weighted by Gasteiger charge is -2.44. The van der Waals surface area contributed by atoms with Crippen LogP contribution in [0.15, 0.2) is 12.1 Å². The molecule has 2 saturated heterocycles. The Morgan fingerprint density at radius 2 is 1.78 bits per heavy atom. The molecule has 3 rings (SSSR count). The maximum Gasteiger partial charge on any atom is 0.151 e. The van der Waals surface area contributed by atoms with Gasteiger partial charge in [0.15, 0.2) is 11.0 Å². The van der Waals surface area contributed by atoms with Crippen LogP contribution < -0.4 is 4.90 Å². The van der Waals surface area contributed by atoms with Crippen LogP contribution in [0.1, 0.15) is 25.7 Å². The van der Waals surface area contributed by atoms with Gasteiger partial charge in [-0.05, 0) is 43.2 Å². The molecule has 2 aliphatic rings. The van der Waals surface area contributed by atoms with Crippen LogP contribution >= 0.6 is 11.6 Å². The van der Waals surface area contributed by atoms with Crippen molar-refractivity contribution in [1.82, 2.24) is 10.2 Å². The van der Waals surface area contributed by atoms with Crippen LogP contribution in [-0.2, 0) is 4.74 Å². The first kappa shape index (κ1) is 12.2. The van der Waals surface area contributed by atoms with Gasteiger partial charge in [-0.3, -0.25) is 0 Å². The van der Waals surface area contributed by atoms with Gasteiger partial charge in [0.25, 0.3) is 0 Å². The first-order valence-electron chi connectivity index (χ1n) is 6.59. The molecule has 0 unspecified atom stereocenters. The average Bonchev–Trinajstić information content (AvgIpc) is 2.42. The highest BCUT2D eigenvalue weighted by Gasteiger charge is 2.36. The fraction of sp³-hybridized carbons (Fsp3) is 0.692. The van der Waals surface area contributed by atoms with Crippen LogP contribution in [0.25, 0.3) is 0 Å². The van der Waals surface area contributed by atoms with Crippen LogP contribution in [0.3, 0.4) is 0 Å². The highest BCUT2D eigenvalue weighted by Crippen LogP contribution is 2.41. The number of halogens is 1. The predicted molar refractivity (Wildman–Crippen MR) is 71.0 cm³/mol. The molecule has 98 valence electrons. The van der Waals surface area contributed by atoms with Crippen molar-refractivity contribution < 1.29 is 4.74 Å². The van der Waals surface area contributed by atoms with E-state index in [2.05, 4.69) is 15.1 Å². The molecular formula is C13H18ClN3O. The number of hydrogen-bond acceptors (Lipinski definition) is 4. The predicted octanol–water partition coefficient (Wildman–Crippen LogP) is 2.53. The first-order valence-corrected chi connectivity index (χ1v) is 6.97. The topological polar surface area (TPSA) is 38.2 Å². The lowest BCUT2D eigenvalue weighted by molar-refractivity contribution is 0.00205. The summed E-state index contributed by atoms with van der Waals surface area (Å²) in [5, 5.41) is 8.52. The van der Waals surface area contributed by atoms with Crippen LogP contribution in [0.2, 0.25) is 5.15 Å². The summed E-state index contributed by atoms with van der Waals surface area (Å²) in [5.74, 6) is 0.946. The standard InChI is InChI=1S/C13H18ClN3O/c14-11-1-2-12(16-15-11)17-7-3-13(4-8-17)5-9-18-10-6-13/h1-2H,3-10H2. The maximum atomic E-state index is 5.76. The molecule has 0 atom stereocenters. The lowest BCUT2D eigenvalue weighted by atomic mass is 9.72. The average molecular weight is 268 g/mol. The minimum absolute atomic E-state index is 0.455. The Kier molecular flexibility index (Phi) is 3.39. The number of aromatic nitrogens is 2. The molecule has 4 nitrogen and oxygen atoms in total. The van der Waals surface area contributed by atoms with Crippen molar-refractivity contribution in [3.63, 3.8) is 0 Å². The monoisotopic (exact) mass is 267 g/mol. The lowest BCUT2D eigenvalue weighted by Crippen LogP contribution is -2.43. The number of hydrogen-bond donors (Lipinski definition) is 0. The zero-order chi connectivity index (χ0) is 12.4. The molecule has 0 amide bonds. The molecule has 1 spiro atoms. The van der Waals surface area contributed by atoms with Crippen molar-refractivity contribution in [2.75, 3.05) is 31.2 Å². The molecule has 1 aromatic heterocycles. The highest BCUT2D eigenvalue weighted by molar-refractivity contribution is 6.29. The van der Waals surface area contributed by atoms with Crippen molar-refractivity contribution in [1.29, 1.82) is 0 Å². The Morgan fingerprint density at radius 1 is 1.06 bits per heavy atom. The van der Waals surface area contributed by atoms with E-state index in [1.54, 1.807) is 0 Å². The van der Waals surface area contributed by atoms with Crippen LogP contribution in [-0.4, -0.2) is 36.5 Å². The molecule has 0 bridgehead atoms. The van der Waals surface area contributed by atoms with Gasteiger partial charge < -0.3 is 9.64 Å². The highest BCUT2D eigenvalue weighted by atomic mass is 35.5. The second-order valence-electron chi connectivity index (χ2n) is 5.31. The van der Waals surface area contributed by atoms with Crippen molar-refractivity contribution in [2.45, 2.75) is 25.7 Å². The van der Waals surface area contributed by atoms with Crippen LogP contribution in [0, 0.1) is 5.41 Å². The Balaban J connectivity index is 1.64. The van der Waals surface area contributed by atoms with Gasteiger partial charge in [0, 0.05) is 26.3 Å². The summed E-state index contributed by atoms with van der Waals surface area (Å²) >= 11 is 5.76. The number of nitrogens with zero attached hydrogens (tertiary/aromatic N) is 3. The number of anilines is 1. The Bertz CT molecular complexity index is 393. The van der Waals surface area contributed by atoms with E-state index in [0.29, 0.717) is 10.6 Å². The molecule has 2 fully saturated rings. The molecule has 2 aliphatic heterocycles. The smallest absolute Gasteiger partial charge is 0.151 e. The van der Waals surface area contributed by atoms with Gasteiger partial charge in [-0.1, -0.05) is 11.6 Å². The summed E-state index contributed by atoms with van der Waals surface area (Å²) in [6, 6.07) is 3.76. The van der Waals surface area contributed by atoms with Crippen molar-refractivity contribution >= 4 is 17.4 Å². The van der Waals surface area contributed by atoms with Gasteiger partial charge in [0.2, 0.25) is 0 Å². The van der Waals surface area contributed by atoms with Crippen molar-refractivity contribution in [3.05, 3.63) is 17.3 Å². The molecule has 0 aliphatic carbocycles. The van der Waals surface area contributed by atoms with E-state index >= 15 is 0 Å². The van der Waals surface area contributed by atoms with Crippen molar-refractivity contribution in [3.8, 4) is 0 Å². The van der Waals surface area contributed by atoms with E-state index in [1.807, 2.05) is 12.1 Å². The molecule has 18 heavy (non-hydrogen) atoms. The molecule has 0 aromatic carbocycles. The van der Waals surface area contributed by atoms with E-state index in [4.69, 9.17) is 16.3 Å². The molecule has 0 saturated carbocycles. The van der Waals surface area contributed by atoms with Gasteiger partial charge >= 0.3 is 0 Å². The third-order valence-electron chi connectivity index (χ3n) is 4.32. The van der Waals surface area contributed by atoms with Gasteiger partial charge in [-0.25, -0.2) is 0 Å². The van der Waals surface area contributed by atoms with E-state index < -0.39 is 0 Å². The maximum absolute atomic E-state index is 5.76. The van der Waals surface area contributed by atoms with Gasteiger partial charge in [-0.15, -0.1) is 10.2 Å². The summed E-state index contributed by atoms with van der Waals surface area (Å²) in [6.07, 6.45) is 4.90. The number of piperidine rings is 1. The molecule has 1 aromatic rings. The number of ether oxygens (including phenoxy) is 1. The largest absolute Gasteiger partial charge is 0.381 e. The third-order valence-corrected chi connectivity index (χ3v) is 4.52. The Labute approximate surface area is 112 Å². The van der Waals surface area contributed by atoms with E-state index in [-0.39, 0.29) is 0 Å². The van der Waals surface area contributed by atoms with Crippen molar-refractivity contribution in [2.24, 2.45) is 5.41 Å². The van der Waals surface area contributed by atoms with E-state index in [9.17, 15) is 0 Å². The normalized spacial score (nSPS) is 23.3. The summed E-state index contributed by atoms with van der Waals surface area (Å²) in [4.78, 5) is 2.31. The molecular weight excluding hydrogens is 250 g/mol. The minimum Gasteiger partial charge on any atom is -0.381 e. The van der Waals surface area contributed by atoms with Gasteiger partial charge in [0.1, 0.15) is 0 Å². The fourth-order valence-electron chi connectivity index (χ4n) is 2.99. The second-order valence-corrected chi connectivity index (χ2v) is 5.70. The molecule has 5 heteroatoms. The van der Waals surface area contributed by atoms with E-state index in [1.165, 1.54) is 25.7 Å². The Morgan fingerprint density at radius 3 is 2.39 bits per heavy atom. The zero-order valence-corrected chi connectivity index (χ0v) is 11.2. The quantitative estimate of drug-likeness (QED) is 0.784. The van der Waals surface area contributed by atoms with Crippen LogP contribution in [0.5, 0.6) is 0 Å². The zero-order valence-electron chi connectivity index (χ0n) is 10.4. The second kappa shape index (κ2) is 5.02. The van der Waals surface area contributed by atoms with E-state index in [0.717, 1.165) is 32.1 Å². The first-order chi connectivity index (χ1) is 8.77. The fourth-order valence-corrected chi connectivity index (χ4v) is 3.09. The summed E-state index contributed by atoms with van der Waals surface area (Å²) in [5.41, 5.74) is 0.522. The number of rotatable bonds is 1. The van der Waals surface area contributed by atoms with Crippen LogP contribution in [0.4, 0.5) is 5.82 Å². The molecule has 0 radical (unpaired) electrons. The van der Waals surface area contributed by atoms with Gasteiger partial charge in [0.05, 0.1) is 0 Å². The molecule has 0 N–H and O–H groups in total. The summed E-state index contributed by atoms with van der Waals surface area (Å²) in [6.45, 7) is 3.99. The Hall–Kier alpha value is -0.870. The summed E-state index contributed by atoms with van der Waals surface area (Å²) in [7, 11) is 0. The van der Waals surface area contributed by atoms with Gasteiger partial charge in [-0.2, -0.15) is 0 Å². The SMILES string of the molecule is Clc1ccc(N2CCC3(CCOCC3)CC2)nn1. The molecule has 3 heterocycles. The summed E-state index contributed by atoms with van der Waals surface area (Å²) < 4.78 is 5.47. The minimum atomic E-state index is 0.455. The third kappa shape index (κ3) is 2.45.